The van der Waals surface area contributed by atoms with Crippen LogP contribution in [0.4, 0.5) is 0 Å². The molecule has 3 aromatic rings. The van der Waals surface area contributed by atoms with Gasteiger partial charge in [-0.3, -0.25) is 4.68 Å². The first-order chi connectivity index (χ1) is 9.31. The SMILES string of the molecule is Cc1cnn(CCNCc2cn3ccccc3n2)c1. The van der Waals surface area contributed by atoms with E-state index < -0.39 is 0 Å². The molecule has 3 rings (SSSR count). The number of imidazole rings is 1. The molecule has 0 aliphatic heterocycles. The predicted octanol–water partition coefficient (Wildman–Crippen LogP) is 1.63. The fraction of sp³-hybridized carbons (Fsp3) is 0.286. The fourth-order valence-electron chi connectivity index (χ4n) is 2.07. The smallest absolute Gasteiger partial charge is 0.137 e. The molecule has 0 unspecified atom stereocenters. The standard InChI is InChI=1S/C14H17N5/c1-12-8-16-19(10-12)7-5-15-9-13-11-18-6-3-2-4-14(18)17-13/h2-4,6,8,10-11,15H,5,7,9H2,1H3. The van der Waals surface area contributed by atoms with Crippen LogP contribution in [0, 0.1) is 6.92 Å². The van der Waals surface area contributed by atoms with E-state index in [-0.39, 0.29) is 0 Å². The number of pyridine rings is 1. The summed E-state index contributed by atoms with van der Waals surface area (Å²) >= 11 is 0. The van der Waals surface area contributed by atoms with Crippen molar-refractivity contribution in [3.05, 3.63) is 54.2 Å². The van der Waals surface area contributed by atoms with Crippen LogP contribution in [0.15, 0.2) is 43.0 Å². The van der Waals surface area contributed by atoms with Gasteiger partial charge in [0.2, 0.25) is 0 Å². The van der Waals surface area contributed by atoms with Crippen molar-refractivity contribution >= 4 is 5.65 Å². The minimum absolute atomic E-state index is 0.780. The molecule has 0 saturated heterocycles. The molecule has 0 amide bonds. The molecule has 0 saturated carbocycles. The topological polar surface area (TPSA) is 47.2 Å². The van der Waals surface area contributed by atoms with E-state index in [9.17, 15) is 0 Å². The lowest BCUT2D eigenvalue weighted by atomic mass is 10.4. The first kappa shape index (κ1) is 11.9. The van der Waals surface area contributed by atoms with Gasteiger partial charge in [-0.25, -0.2) is 4.98 Å². The Kier molecular flexibility index (Phi) is 3.29. The first-order valence-corrected chi connectivity index (χ1v) is 6.44. The molecule has 3 aromatic heterocycles. The second-order valence-corrected chi connectivity index (χ2v) is 4.66. The van der Waals surface area contributed by atoms with Crippen molar-refractivity contribution in [3.63, 3.8) is 0 Å². The van der Waals surface area contributed by atoms with E-state index in [2.05, 4.69) is 21.6 Å². The highest BCUT2D eigenvalue weighted by atomic mass is 15.3. The number of nitrogens with zero attached hydrogens (tertiary/aromatic N) is 4. The Morgan fingerprint density at radius 3 is 3.00 bits per heavy atom. The van der Waals surface area contributed by atoms with Crippen molar-refractivity contribution in [1.82, 2.24) is 24.5 Å². The van der Waals surface area contributed by atoms with Crippen LogP contribution in [0.1, 0.15) is 11.3 Å². The third-order valence-corrected chi connectivity index (χ3v) is 3.00. The van der Waals surface area contributed by atoms with Crippen LogP contribution in [0.5, 0.6) is 0 Å². The van der Waals surface area contributed by atoms with Crippen LogP contribution >= 0.6 is 0 Å². The Morgan fingerprint density at radius 1 is 1.26 bits per heavy atom. The molecule has 0 aromatic carbocycles. The summed E-state index contributed by atoms with van der Waals surface area (Å²) in [5, 5.41) is 7.64. The van der Waals surface area contributed by atoms with Gasteiger partial charge in [-0.05, 0) is 24.6 Å². The maximum Gasteiger partial charge on any atom is 0.137 e. The van der Waals surface area contributed by atoms with Gasteiger partial charge >= 0.3 is 0 Å². The Bertz CT molecular complexity index is 634. The van der Waals surface area contributed by atoms with Gasteiger partial charge in [0, 0.05) is 31.7 Å². The lowest BCUT2D eigenvalue weighted by Gasteiger charge is -2.02. The van der Waals surface area contributed by atoms with Gasteiger partial charge in [0.1, 0.15) is 5.65 Å². The summed E-state index contributed by atoms with van der Waals surface area (Å²) in [6.45, 7) is 4.59. The van der Waals surface area contributed by atoms with Crippen molar-refractivity contribution in [2.75, 3.05) is 6.54 Å². The summed E-state index contributed by atoms with van der Waals surface area (Å²) in [5.41, 5.74) is 3.24. The molecule has 3 heterocycles. The van der Waals surface area contributed by atoms with Crippen LogP contribution in [-0.4, -0.2) is 25.7 Å². The summed E-state index contributed by atoms with van der Waals surface area (Å²) in [4.78, 5) is 4.54. The van der Waals surface area contributed by atoms with E-state index in [1.807, 2.05) is 52.8 Å². The quantitative estimate of drug-likeness (QED) is 0.705. The van der Waals surface area contributed by atoms with E-state index in [0.717, 1.165) is 31.0 Å². The number of nitrogens with one attached hydrogen (secondary N) is 1. The Balaban J connectivity index is 1.52. The molecular weight excluding hydrogens is 238 g/mol. The van der Waals surface area contributed by atoms with Crippen LogP contribution in [-0.2, 0) is 13.1 Å². The van der Waals surface area contributed by atoms with Crippen molar-refractivity contribution in [1.29, 1.82) is 0 Å². The zero-order valence-corrected chi connectivity index (χ0v) is 11.0. The number of aromatic nitrogens is 4. The second-order valence-electron chi connectivity index (χ2n) is 4.66. The van der Waals surface area contributed by atoms with Crippen molar-refractivity contribution in [3.8, 4) is 0 Å². The molecule has 0 spiro atoms. The van der Waals surface area contributed by atoms with Gasteiger partial charge < -0.3 is 9.72 Å². The number of fused-ring (bicyclic) bond motifs is 1. The number of hydrogen-bond acceptors (Lipinski definition) is 3. The normalized spacial score (nSPS) is 11.2. The van der Waals surface area contributed by atoms with Gasteiger partial charge in [0.15, 0.2) is 0 Å². The van der Waals surface area contributed by atoms with Crippen molar-refractivity contribution in [2.45, 2.75) is 20.0 Å². The van der Waals surface area contributed by atoms with E-state index in [1.54, 1.807) is 0 Å². The lowest BCUT2D eigenvalue weighted by molar-refractivity contribution is 0.552. The number of aryl methyl sites for hydroxylation is 1. The van der Waals surface area contributed by atoms with E-state index in [0.29, 0.717) is 0 Å². The molecule has 0 aliphatic rings. The summed E-state index contributed by atoms with van der Waals surface area (Å²) in [5.74, 6) is 0. The van der Waals surface area contributed by atoms with Crippen LogP contribution in [0.3, 0.4) is 0 Å². The van der Waals surface area contributed by atoms with Gasteiger partial charge in [-0.2, -0.15) is 5.10 Å². The molecule has 0 atom stereocenters. The number of rotatable bonds is 5. The summed E-state index contributed by atoms with van der Waals surface area (Å²) in [7, 11) is 0. The summed E-state index contributed by atoms with van der Waals surface area (Å²) in [6, 6.07) is 6.02. The van der Waals surface area contributed by atoms with E-state index >= 15 is 0 Å². The van der Waals surface area contributed by atoms with Gasteiger partial charge in [0.25, 0.3) is 0 Å². The van der Waals surface area contributed by atoms with Crippen LogP contribution < -0.4 is 5.32 Å². The predicted molar refractivity (Wildman–Crippen MR) is 73.9 cm³/mol. The highest BCUT2D eigenvalue weighted by Gasteiger charge is 2.00. The molecule has 0 fully saturated rings. The highest BCUT2D eigenvalue weighted by Crippen LogP contribution is 2.03. The Morgan fingerprint density at radius 2 is 2.21 bits per heavy atom. The zero-order valence-electron chi connectivity index (χ0n) is 11.0. The monoisotopic (exact) mass is 255 g/mol. The average Bonchev–Trinajstić information content (AvgIpc) is 3.00. The van der Waals surface area contributed by atoms with Crippen LogP contribution in [0.25, 0.3) is 5.65 Å². The third kappa shape index (κ3) is 2.82. The minimum Gasteiger partial charge on any atom is -0.309 e. The third-order valence-electron chi connectivity index (χ3n) is 3.00. The average molecular weight is 255 g/mol. The molecule has 5 heteroatoms. The van der Waals surface area contributed by atoms with E-state index in [1.165, 1.54) is 5.56 Å². The zero-order chi connectivity index (χ0) is 13.1. The van der Waals surface area contributed by atoms with Gasteiger partial charge in [-0.15, -0.1) is 0 Å². The summed E-state index contributed by atoms with van der Waals surface area (Å²) in [6.07, 6.45) is 7.99. The highest BCUT2D eigenvalue weighted by molar-refractivity contribution is 5.39. The molecular formula is C14H17N5. The van der Waals surface area contributed by atoms with Gasteiger partial charge in [0.05, 0.1) is 18.4 Å². The lowest BCUT2D eigenvalue weighted by Crippen LogP contribution is -2.19. The number of hydrogen-bond donors (Lipinski definition) is 1. The maximum absolute atomic E-state index is 4.54. The van der Waals surface area contributed by atoms with Crippen LogP contribution in [0.2, 0.25) is 0 Å². The largest absolute Gasteiger partial charge is 0.309 e. The molecule has 1 N–H and O–H groups in total. The first-order valence-electron chi connectivity index (χ1n) is 6.44. The van der Waals surface area contributed by atoms with Crippen molar-refractivity contribution in [2.24, 2.45) is 0 Å². The Hall–Kier alpha value is -2.14. The molecule has 0 bridgehead atoms. The van der Waals surface area contributed by atoms with Gasteiger partial charge in [-0.1, -0.05) is 6.07 Å². The molecule has 0 aliphatic carbocycles. The van der Waals surface area contributed by atoms with E-state index in [4.69, 9.17) is 0 Å². The molecule has 0 radical (unpaired) electrons. The fourth-order valence-corrected chi connectivity index (χ4v) is 2.07. The maximum atomic E-state index is 4.54. The van der Waals surface area contributed by atoms with Crippen molar-refractivity contribution < 1.29 is 0 Å². The summed E-state index contributed by atoms with van der Waals surface area (Å²) < 4.78 is 3.99. The second kappa shape index (κ2) is 5.24. The molecule has 98 valence electrons. The molecule has 19 heavy (non-hydrogen) atoms. The molecule has 5 nitrogen and oxygen atoms in total. The Labute approximate surface area is 111 Å². The minimum atomic E-state index is 0.780.